The van der Waals surface area contributed by atoms with E-state index in [2.05, 4.69) is 16.3 Å². The molecule has 2 aromatic rings. The van der Waals surface area contributed by atoms with Crippen LogP contribution in [0.5, 0.6) is 11.5 Å². The number of rotatable bonds is 7. The lowest BCUT2D eigenvalue weighted by Gasteiger charge is -2.29. The van der Waals surface area contributed by atoms with Crippen molar-refractivity contribution in [3.8, 4) is 11.5 Å². The first-order valence-corrected chi connectivity index (χ1v) is 9.54. The molecule has 0 spiro atoms. The van der Waals surface area contributed by atoms with E-state index in [0.29, 0.717) is 11.7 Å². The fraction of sp³-hybridized carbons (Fsp3) is 0.381. The smallest absolute Gasteiger partial charge is 0.173 e. The van der Waals surface area contributed by atoms with Gasteiger partial charge in [-0.1, -0.05) is 24.3 Å². The molecule has 1 heterocycles. The zero-order valence-electron chi connectivity index (χ0n) is 15.8. The van der Waals surface area contributed by atoms with Crippen molar-refractivity contribution >= 4 is 23.0 Å². The van der Waals surface area contributed by atoms with Crippen molar-refractivity contribution in [2.45, 2.75) is 25.5 Å². The van der Waals surface area contributed by atoms with Crippen molar-refractivity contribution in [2.24, 2.45) is 0 Å². The number of hydrogen-bond acceptors (Lipinski definition) is 4. The van der Waals surface area contributed by atoms with Crippen molar-refractivity contribution in [3.63, 3.8) is 0 Å². The lowest BCUT2D eigenvalue weighted by atomic mass is 10.1. The molecule has 2 aromatic carbocycles. The molecule has 6 heteroatoms. The van der Waals surface area contributed by atoms with Crippen LogP contribution in [-0.4, -0.2) is 43.5 Å². The average Bonchev–Trinajstić information content (AvgIpc) is 3.21. The largest absolute Gasteiger partial charge is 0.497 e. The Morgan fingerprint density at radius 1 is 1.19 bits per heavy atom. The molecule has 1 N–H and O–H groups in total. The first kappa shape index (κ1) is 19.5. The van der Waals surface area contributed by atoms with Crippen LogP contribution in [0.1, 0.15) is 18.4 Å². The van der Waals surface area contributed by atoms with E-state index in [1.54, 1.807) is 14.2 Å². The Balaban J connectivity index is 1.76. The quantitative estimate of drug-likeness (QED) is 0.723. The highest BCUT2D eigenvalue weighted by Gasteiger charge is 2.22. The number of anilines is 1. The van der Waals surface area contributed by atoms with Crippen LogP contribution in [0.15, 0.2) is 48.5 Å². The highest BCUT2D eigenvalue weighted by Crippen LogP contribution is 2.23. The fourth-order valence-electron chi connectivity index (χ4n) is 3.20. The number of hydrogen-bond donors (Lipinski definition) is 1. The number of methoxy groups -OCH3 is 2. The Morgan fingerprint density at radius 2 is 2.04 bits per heavy atom. The van der Waals surface area contributed by atoms with E-state index in [1.807, 2.05) is 42.5 Å². The van der Waals surface area contributed by atoms with Gasteiger partial charge in [-0.05, 0) is 43.3 Å². The van der Waals surface area contributed by atoms with E-state index < -0.39 is 0 Å². The zero-order valence-corrected chi connectivity index (χ0v) is 16.6. The highest BCUT2D eigenvalue weighted by molar-refractivity contribution is 7.80. The van der Waals surface area contributed by atoms with E-state index in [0.717, 1.165) is 48.7 Å². The van der Waals surface area contributed by atoms with Gasteiger partial charge in [-0.15, -0.1) is 0 Å². The van der Waals surface area contributed by atoms with Gasteiger partial charge in [0, 0.05) is 37.0 Å². The SMILES string of the molecule is COc1cccc(NC(=S)N(Cc2ccccc2OC)CC2CCCO2)c1. The van der Waals surface area contributed by atoms with Crippen molar-refractivity contribution in [2.75, 3.05) is 32.7 Å². The molecule has 0 aliphatic carbocycles. The third-order valence-corrected chi connectivity index (χ3v) is 4.97. The number of thiocarbonyl (C=S) groups is 1. The maximum Gasteiger partial charge on any atom is 0.173 e. The maximum absolute atomic E-state index is 5.83. The summed E-state index contributed by atoms with van der Waals surface area (Å²) in [6.07, 6.45) is 2.36. The molecule has 1 fully saturated rings. The predicted octanol–water partition coefficient (Wildman–Crippen LogP) is 4.08. The van der Waals surface area contributed by atoms with Gasteiger partial charge in [0.2, 0.25) is 0 Å². The number of nitrogens with one attached hydrogen (secondary N) is 1. The minimum Gasteiger partial charge on any atom is -0.497 e. The molecule has 1 unspecified atom stereocenters. The third-order valence-electron chi connectivity index (χ3n) is 4.61. The molecular formula is C21H26N2O3S. The molecule has 0 bridgehead atoms. The second-order valence-corrected chi connectivity index (χ2v) is 6.88. The summed E-state index contributed by atoms with van der Waals surface area (Å²) in [5.74, 6) is 1.65. The zero-order chi connectivity index (χ0) is 19.1. The Bertz CT molecular complexity index is 763. The van der Waals surface area contributed by atoms with Gasteiger partial charge >= 0.3 is 0 Å². The topological polar surface area (TPSA) is 43.0 Å². The summed E-state index contributed by atoms with van der Waals surface area (Å²) in [6.45, 7) is 2.22. The van der Waals surface area contributed by atoms with Gasteiger partial charge < -0.3 is 24.4 Å². The van der Waals surface area contributed by atoms with Crippen molar-refractivity contribution in [1.82, 2.24) is 4.90 Å². The highest BCUT2D eigenvalue weighted by atomic mass is 32.1. The molecule has 1 aliphatic heterocycles. The maximum atomic E-state index is 5.83. The number of nitrogens with zero attached hydrogens (tertiary/aromatic N) is 1. The van der Waals surface area contributed by atoms with Crippen LogP contribution in [0.25, 0.3) is 0 Å². The van der Waals surface area contributed by atoms with Crippen LogP contribution in [0, 0.1) is 0 Å². The van der Waals surface area contributed by atoms with E-state index in [9.17, 15) is 0 Å². The first-order chi connectivity index (χ1) is 13.2. The molecule has 5 nitrogen and oxygen atoms in total. The predicted molar refractivity (Wildman–Crippen MR) is 112 cm³/mol. The molecular weight excluding hydrogens is 360 g/mol. The molecule has 0 amide bonds. The van der Waals surface area contributed by atoms with Crippen LogP contribution >= 0.6 is 12.2 Å². The van der Waals surface area contributed by atoms with E-state index in [1.165, 1.54) is 0 Å². The minimum absolute atomic E-state index is 0.199. The Hall–Kier alpha value is -2.31. The molecule has 0 saturated carbocycles. The molecule has 1 atom stereocenters. The first-order valence-electron chi connectivity index (χ1n) is 9.13. The van der Waals surface area contributed by atoms with E-state index in [4.69, 9.17) is 26.4 Å². The van der Waals surface area contributed by atoms with E-state index in [-0.39, 0.29) is 6.10 Å². The van der Waals surface area contributed by atoms with Crippen LogP contribution < -0.4 is 14.8 Å². The monoisotopic (exact) mass is 386 g/mol. The van der Waals surface area contributed by atoms with Crippen molar-refractivity contribution in [1.29, 1.82) is 0 Å². The molecule has 144 valence electrons. The Labute approximate surface area is 166 Å². The van der Waals surface area contributed by atoms with Crippen LogP contribution in [0.3, 0.4) is 0 Å². The Kier molecular flexibility index (Phi) is 6.90. The Morgan fingerprint density at radius 3 is 2.78 bits per heavy atom. The lowest BCUT2D eigenvalue weighted by Crippen LogP contribution is -2.39. The van der Waals surface area contributed by atoms with Gasteiger partial charge in [-0.3, -0.25) is 0 Å². The molecule has 0 radical (unpaired) electrons. The lowest BCUT2D eigenvalue weighted by molar-refractivity contribution is 0.0903. The fourth-order valence-corrected chi connectivity index (χ4v) is 3.45. The second-order valence-electron chi connectivity index (χ2n) is 6.49. The number of benzene rings is 2. The van der Waals surface area contributed by atoms with Gasteiger partial charge in [0.1, 0.15) is 11.5 Å². The summed E-state index contributed by atoms with van der Waals surface area (Å²) in [4.78, 5) is 2.14. The molecule has 1 aliphatic rings. The van der Waals surface area contributed by atoms with Crippen LogP contribution in [0.2, 0.25) is 0 Å². The average molecular weight is 387 g/mol. The summed E-state index contributed by atoms with van der Waals surface area (Å²) in [7, 11) is 3.35. The van der Waals surface area contributed by atoms with Gasteiger partial charge in [-0.25, -0.2) is 0 Å². The number of ether oxygens (including phenoxy) is 3. The summed E-state index contributed by atoms with van der Waals surface area (Å²) in [6, 6.07) is 15.8. The van der Waals surface area contributed by atoms with Gasteiger partial charge in [0.15, 0.2) is 5.11 Å². The molecule has 1 saturated heterocycles. The molecule has 0 aromatic heterocycles. The summed E-state index contributed by atoms with van der Waals surface area (Å²) < 4.78 is 16.6. The normalized spacial score (nSPS) is 16.0. The van der Waals surface area contributed by atoms with E-state index >= 15 is 0 Å². The molecule has 3 rings (SSSR count). The summed E-state index contributed by atoms with van der Waals surface area (Å²) >= 11 is 5.73. The van der Waals surface area contributed by atoms with Gasteiger partial charge in [0.05, 0.1) is 20.3 Å². The third kappa shape index (κ3) is 5.34. The summed E-state index contributed by atoms with van der Waals surface area (Å²) in [5.41, 5.74) is 1.99. The molecule has 27 heavy (non-hydrogen) atoms. The summed E-state index contributed by atoms with van der Waals surface area (Å²) in [5, 5.41) is 3.99. The van der Waals surface area contributed by atoms with Crippen molar-refractivity contribution in [3.05, 3.63) is 54.1 Å². The standard InChI is InChI=1S/C21H26N2O3S/c1-24-18-9-5-8-17(13-18)22-21(27)23(15-19-10-6-12-26-19)14-16-7-3-4-11-20(16)25-2/h3-5,7-9,11,13,19H,6,10,12,14-15H2,1-2H3,(H,22,27). The minimum atomic E-state index is 0.199. The second kappa shape index (κ2) is 9.58. The van der Waals surface area contributed by atoms with Crippen molar-refractivity contribution < 1.29 is 14.2 Å². The van der Waals surface area contributed by atoms with Crippen LogP contribution in [-0.2, 0) is 11.3 Å². The van der Waals surface area contributed by atoms with Gasteiger partial charge in [0.25, 0.3) is 0 Å². The number of para-hydroxylation sites is 1. The van der Waals surface area contributed by atoms with Crippen LogP contribution in [0.4, 0.5) is 5.69 Å². The van der Waals surface area contributed by atoms with Gasteiger partial charge in [-0.2, -0.15) is 0 Å².